The van der Waals surface area contributed by atoms with Crippen LogP contribution >= 0.6 is 15.6 Å². The quantitative estimate of drug-likeness (QED) is 0.0222. The van der Waals surface area contributed by atoms with Crippen molar-refractivity contribution in [2.24, 2.45) is 17.8 Å². The van der Waals surface area contributed by atoms with Crippen molar-refractivity contribution < 1.29 is 80.2 Å². The Bertz CT molecular complexity index is 1700. The summed E-state index contributed by atoms with van der Waals surface area (Å²) in [5.74, 6) is 0.0851. The number of hydrogen-bond acceptors (Lipinski definition) is 15. The molecule has 0 aromatic rings. The number of aliphatic hydroxyl groups excluding tert-OH is 1. The number of aliphatic hydroxyl groups is 1. The summed E-state index contributed by atoms with van der Waals surface area (Å²) in [4.78, 5) is 72.3. The van der Waals surface area contributed by atoms with E-state index in [0.717, 1.165) is 108 Å². The maximum atomic E-state index is 13.0. The number of phosphoric ester groups is 2. The number of carbonyl (C=O) groups excluding carboxylic acids is 4. The van der Waals surface area contributed by atoms with E-state index < -0.39 is 97.5 Å². The Labute approximate surface area is 524 Å². The van der Waals surface area contributed by atoms with Gasteiger partial charge in [-0.3, -0.25) is 37.3 Å². The molecule has 0 aromatic heterocycles. The number of ether oxygens (including phenoxy) is 4. The number of unbranched alkanes of at least 4 members (excludes halogenated alkanes) is 32. The molecule has 0 radical (unpaired) electrons. The summed E-state index contributed by atoms with van der Waals surface area (Å²) in [6.07, 6.45) is 40.4. The van der Waals surface area contributed by atoms with Gasteiger partial charge in [0.05, 0.1) is 26.4 Å². The van der Waals surface area contributed by atoms with Gasteiger partial charge in [-0.15, -0.1) is 0 Å². The lowest BCUT2D eigenvalue weighted by molar-refractivity contribution is -0.161. The average molecular weight is 1270 g/mol. The highest BCUT2D eigenvalue weighted by Crippen LogP contribution is 2.45. The smallest absolute Gasteiger partial charge is 0.462 e. The molecule has 0 aliphatic rings. The Balaban J connectivity index is 5.21. The van der Waals surface area contributed by atoms with Gasteiger partial charge in [0, 0.05) is 25.7 Å². The van der Waals surface area contributed by atoms with Crippen molar-refractivity contribution in [2.75, 3.05) is 39.6 Å². The molecule has 0 bridgehead atoms. The van der Waals surface area contributed by atoms with E-state index in [0.29, 0.717) is 31.6 Å². The van der Waals surface area contributed by atoms with Crippen molar-refractivity contribution >= 4 is 39.5 Å². The molecule has 0 saturated carbocycles. The van der Waals surface area contributed by atoms with Crippen LogP contribution in [-0.4, -0.2) is 96.7 Å². The molecule has 0 spiro atoms. The van der Waals surface area contributed by atoms with E-state index in [9.17, 15) is 43.2 Å². The lowest BCUT2D eigenvalue weighted by Crippen LogP contribution is -2.30. The summed E-state index contributed by atoms with van der Waals surface area (Å²) in [7, 11) is -9.89. The normalized spacial score (nSPS) is 14.6. The number of esters is 4. The maximum Gasteiger partial charge on any atom is 0.472 e. The van der Waals surface area contributed by atoms with Gasteiger partial charge in [0.25, 0.3) is 0 Å². The van der Waals surface area contributed by atoms with Crippen LogP contribution in [0.1, 0.15) is 331 Å². The molecule has 0 aliphatic carbocycles. The first-order chi connectivity index (χ1) is 41.3. The van der Waals surface area contributed by atoms with Crippen molar-refractivity contribution in [2.45, 2.75) is 349 Å². The van der Waals surface area contributed by atoms with Crippen LogP contribution in [0, 0.1) is 17.8 Å². The molecule has 0 heterocycles. The molecule has 510 valence electrons. The maximum absolute atomic E-state index is 13.0. The third kappa shape index (κ3) is 59.7. The first-order valence-corrected chi connectivity index (χ1v) is 37.9. The van der Waals surface area contributed by atoms with Gasteiger partial charge in [-0.1, -0.05) is 280 Å². The van der Waals surface area contributed by atoms with E-state index >= 15 is 0 Å². The number of carbonyl (C=O) groups is 4. The molecule has 0 aromatic carbocycles. The second-order valence-electron chi connectivity index (χ2n) is 25.4. The zero-order valence-corrected chi connectivity index (χ0v) is 57.6. The Morgan fingerprint density at radius 2 is 0.593 bits per heavy atom. The van der Waals surface area contributed by atoms with E-state index in [1.807, 2.05) is 0 Å². The van der Waals surface area contributed by atoms with E-state index in [1.165, 1.54) is 135 Å². The van der Waals surface area contributed by atoms with Crippen molar-refractivity contribution in [3.05, 3.63) is 0 Å². The highest BCUT2D eigenvalue weighted by atomic mass is 31.2. The summed E-state index contributed by atoms with van der Waals surface area (Å²) < 4.78 is 68.1. The molecule has 86 heavy (non-hydrogen) atoms. The Hall–Kier alpha value is -1.94. The third-order valence-electron chi connectivity index (χ3n) is 15.7. The van der Waals surface area contributed by atoms with Crippen LogP contribution in [0.3, 0.4) is 0 Å². The Morgan fingerprint density at radius 1 is 0.337 bits per heavy atom. The standard InChI is InChI=1S/C67H130O17P2/c1-8-10-11-12-13-20-26-34-41-48-64(69)77-55-63(84-67(72)51-44-37-30-29-33-40-47-60(7)9-2)57-82-86(75,76)80-53-61(68)52-79-85(73,74)81-56-62(54-78-65(70)49-42-35-28-23-25-32-39-46-59(5)6)83-66(71)50-43-36-27-22-19-17-15-14-16-18-21-24-31-38-45-58(3)4/h58-63,68H,8-57H2,1-7H3,(H,73,74)(H,75,76)/t60?,61-,62-,63-/m1/s1. The van der Waals surface area contributed by atoms with E-state index in [-0.39, 0.29) is 25.7 Å². The molecule has 0 amide bonds. The molecule has 0 aliphatic heterocycles. The summed E-state index contributed by atoms with van der Waals surface area (Å²) in [5, 5.41) is 10.6. The molecule has 0 rings (SSSR count). The second kappa shape index (κ2) is 58.2. The first-order valence-electron chi connectivity index (χ1n) is 34.9. The molecule has 17 nitrogen and oxygen atoms in total. The van der Waals surface area contributed by atoms with Gasteiger partial charge in [-0.25, -0.2) is 9.13 Å². The van der Waals surface area contributed by atoms with Gasteiger partial charge >= 0.3 is 39.5 Å². The van der Waals surface area contributed by atoms with Crippen LogP contribution in [0.4, 0.5) is 0 Å². The van der Waals surface area contributed by atoms with Crippen LogP contribution in [0.15, 0.2) is 0 Å². The highest BCUT2D eigenvalue weighted by Gasteiger charge is 2.30. The second-order valence-corrected chi connectivity index (χ2v) is 28.3. The summed E-state index contributed by atoms with van der Waals surface area (Å²) in [6.45, 7) is 11.7. The molecule has 0 fully saturated rings. The fourth-order valence-electron chi connectivity index (χ4n) is 9.98. The molecular weight excluding hydrogens is 1140 g/mol. The largest absolute Gasteiger partial charge is 0.472 e. The zero-order chi connectivity index (χ0) is 63.8. The van der Waals surface area contributed by atoms with Crippen molar-refractivity contribution in [3.63, 3.8) is 0 Å². The van der Waals surface area contributed by atoms with Gasteiger partial charge in [0.15, 0.2) is 12.2 Å². The summed E-state index contributed by atoms with van der Waals surface area (Å²) in [6, 6.07) is 0. The topological polar surface area (TPSA) is 237 Å². The zero-order valence-electron chi connectivity index (χ0n) is 55.8. The van der Waals surface area contributed by atoms with Crippen LogP contribution in [0.5, 0.6) is 0 Å². The third-order valence-corrected chi connectivity index (χ3v) is 17.6. The van der Waals surface area contributed by atoms with E-state index in [4.69, 9.17) is 37.0 Å². The molecule has 3 unspecified atom stereocenters. The van der Waals surface area contributed by atoms with Gasteiger partial charge in [0.2, 0.25) is 0 Å². The monoisotopic (exact) mass is 1270 g/mol. The predicted octanol–water partition coefficient (Wildman–Crippen LogP) is 18.7. The van der Waals surface area contributed by atoms with E-state index in [2.05, 4.69) is 48.5 Å². The van der Waals surface area contributed by atoms with Crippen molar-refractivity contribution in [1.29, 1.82) is 0 Å². The van der Waals surface area contributed by atoms with Gasteiger partial charge < -0.3 is 33.8 Å². The highest BCUT2D eigenvalue weighted by molar-refractivity contribution is 7.47. The number of hydrogen-bond donors (Lipinski definition) is 3. The van der Waals surface area contributed by atoms with Crippen molar-refractivity contribution in [3.8, 4) is 0 Å². The predicted molar refractivity (Wildman–Crippen MR) is 344 cm³/mol. The van der Waals surface area contributed by atoms with E-state index in [1.54, 1.807) is 0 Å². The van der Waals surface area contributed by atoms with Crippen LogP contribution in [0.2, 0.25) is 0 Å². The fraction of sp³-hybridized carbons (Fsp3) is 0.940. The number of rotatable bonds is 65. The lowest BCUT2D eigenvalue weighted by Gasteiger charge is -2.21. The minimum Gasteiger partial charge on any atom is -0.462 e. The average Bonchev–Trinajstić information content (AvgIpc) is 3.54. The SMILES string of the molecule is CCCCCCCCCCCC(=O)OC[C@H](COP(=O)(O)OC[C@H](O)COP(=O)(O)OC[C@@H](COC(=O)CCCCCCCCCC(C)C)OC(=O)CCCCCCCCCCCCCCCCC(C)C)OC(=O)CCCCCCCCC(C)CC. The minimum absolute atomic E-state index is 0.103. The fourth-order valence-corrected chi connectivity index (χ4v) is 11.6. The summed E-state index contributed by atoms with van der Waals surface area (Å²) >= 11 is 0. The Kier molecular flexibility index (Phi) is 56.9. The van der Waals surface area contributed by atoms with Crippen LogP contribution in [0.25, 0.3) is 0 Å². The van der Waals surface area contributed by atoms with Crippen LogP contribution < -0.4 is 0 Å². The summed E-state index contributed by atoms with van der Waals surface area (Å²) in [5.41, 5.74) is 0. The van der Waals surface area contributed by atoms with Crippen molar-refractivity contribution in [1.82, 2.24) is 0 Å². The van der Waals surface area contributed by atoms with Gasteiger partial charge in [-0.05, 0) is 43.4 Å². The van der Waals surface area contributed by atoms with Gasteiger partial charge in [-0.2, -0.15) is 0 Å². The molecule has 3 N–H and O–H groups in total. The van der Waals surface area contributed by atoms with Gasteiger partial charge in [0.1, 0.15) is 19.3 Å². The van der Waals surface area contributed by atoms with Crippen LogP contribution in [-0.2, 0) is 65.4 Å². The molecule has 6 atom stereocenters. The minimum atomic E-state index is -4.95. The molecule has 0 saturated heterocycles. The number of phosphoric acid groups is 2. The lowest BCUT2D eigenvalue weighted by atomic mass is 10.00. The molecular formula is C67H130O17P2. The molecule has 19 heteroatoms. The first kappa shape index (κ1) is 84.1. The Morgan fingerprint density at radius 3 is 0.884 bits per heavy atom.